The molecule has 1 heterocycles. The van der Waals surface area contributed by atoms with Gasteiger partial charge >= 0.3 is 0 Å². The molecule has 1 fully saturated rings. The predicted molar refractivity (Wildman–Crippen MR) is 75.5 cm³/mol. The summed E-state index contributed by atoms with van der Waals surface area (Å²) in [5.41, 5.74) is 6.74. The van der Waals surface area contributed by atoms with Crippen LogP contribution in [0.2, 0.25) is 0 Å². The normalized spacial score (nSPS) is 26.4. The van der Waals surface area contributed by atoms with Crippen LogP contribution < -0.4 is 5.73 Å². The van der Waals surface area contributed by atoms with Crippen LogP contribution in [0, 0.1) is 5.41 Å². The summed E-state index contributed by atoms with van der Waals surface area (Å²) in [5.74, 6) is 0.174. The number of nitrogens with two attached hydrogens (primary N) is 1. The van der Waals surface area contributed by atoms with Gasteiger partial charge in [0.05, 0.1) is 5.41 Å². The summed E-state index contributed by atoms with van der Waals surface area (Å²) in [6, 6.07) is 5.86. The summed E-state index contributed by atoms with van der Waals surface area (Å²) >= 11 is 0. The summed E-state index contributed by atoms with van der Waals surface area (Å²) < 4.78 is 0. The Morgan fingerprint density at radius 2 is 2.37 bits per heavy atom. The minimum absolute atomic E-state index is 0.00250. The first kappa shape index (κ1) is 14.0. The molecule has 4 nitrogen and oxygen atoms in total. The Labute approximate surface area is 115 Å². The SMILES string of the molecule is CN(CCc1ccccn1)C(=O)C1(C)CCCC1N. The fourth-order valence-electron chi connectivity index (χ4n) is 2.82. The summed E-state index contributed by atoms with van der Waals surface area (Å²) in [6.45, 7) is 2.70. The molecule has 1 aliphatic carbocycles. The van der Waals surface area contributed by atoms with Crippen LogP contribution in [0.1, 0.15) is 31.9 Å². The second-order valence-corrected chi connectivity index (χ2v) is 5.71. The number of nitrogens with zero attached hydrogens (tertiary/aromatic N) is 2. The summed E-state index contributed by atoms with van der Waals surface area (Å²) in [4.78, 5) is 18.6. The number of aromatic nitrogens is 1. The van der Waals surface area contributed by atoms with Crippen molar-refractivity contribution in [2.75, 3.05) is 13.6 Å². The predicted octanol–water partition coefficient (Wildman–Crippen LogP) is 1.60. The van der Waals surface area contributed by atoms with Crippen molar-refractivity contribution >= 4 is 5.91 Å². The molecule has 2 N–H and O–H groups in total. The van der Waals surface area contributed by atoms with Gasteiger partial charge in [-0.15, -0.1) is 0 Å². The Morgan fingerprint density at radius 3 is 2.95 bits per heavy atom. The average molecular weight is 261 g/mol. The first-order chi connectivity index (χ1) is 9.04. The minimum atomic E-state index is -0.376. The third-order valence-corrected chi connectivity index (χ3v) is 4.29. The zero-order valence-electron chi connectivity index (χ0n) is 11.8. The van der Waals surface area contributed by atoms with Crippen molar-refractivity contribution in [3.05, 3.63) is 30.1 Å². The van der Waals surface area contributed by atoms with Gasteiger partial charge in [-0.3, -0.25) is 9.78 Å². The molecule has 104 valence electrons. The Kier molecular flexibility index (Phi) is 4.20. The van der Waals surface area contributed by atoms with Crippen molar-refractivity contribution in [2.45, 2.75) is 38.6 Å². The maximum Gasteiger partial charge on any atom is 0.229 e. The zero-order chi connectivity index (χ0) is 13.9. The van der Waals surface area contributed by atoms with Crippen LogP contribution >= 0.6 is 0 Å². The molecule has 1 aromatic rings. The third-order valence-electron chi connectivity index (χ3n) is 4.29. The van der Waals surface area contributed by atoms with Gasteiger partial charge in [0.15, 0.2) is 0 Å². The lowest BCUT2D eigenvalue weighted by Crippen LogP contribution is -2.48. The Hall–Kier alpha value is -1.42. The molecule has 1 aliphatic rings. The van der Waals surface area contributed by atoms with E-state index in [0.717, 1.165) is 31.4 Å². The molecule has 0 aromatic carbocycles. The lowest BCUT2D eigenvalue weighted by molar-refractivity contribution is -0.140. The monoisotopic (exact) mass is 261 g/mol. The van der Waals surface area contributed by atoms with E-state index in [-0.39, 0.29) is 17.4 Å². The largest absolute Gasteiger partial charge is 0.345 e. The molecular weight excluding hydrogens is 238 g/mol. The number of rotatable bonds is 4. The molecule has 2 rings (SSSR count). The fraction of sp³-hybridized carbons (Fsp3) is 0.600. The van der Waals surface area contributed by atoms with Crippen LogP contribution in [-0.4, -0.2) is 35.4 Å². The zero-order valence-corrected chi connectivity index (χ0v) is 11.8. The van der Waals surface area contributed by atoms with Gasteiger partial charge in [0.1, 0.15) is 0 Å². The summed E-state index contributed by atoms with van der Waals surface area (Å²) in [5, 5.41) is 0. The van der Waals surface area contributed by atoms with E-state index in [1.807, 2.05) is 32.2 Å². The van der Waals surface area contributed by atoms with Crippen LogP contribution in [0.5, 0.6) is 0 Å². The van der Waals surface area contributed by atoms with Gasteiger partial charge in [-0.1, -0.05) is 12.5 Å². The molecule has 0 spiro atoms. The van der Waals surface area contributed by atoms with Gasteiger partial charge in [-0.25, -0.2) is 0 Å². The van der Waals surface area contributed by atoms with Gasteiger partial charge in [0, 0.05) is 37.9 Å². The molecule has 1 saturated carbocycles. The maximum absolute atomic E-state index is 12.5. The highest BCUT2D eigenvalue weighted by molar-refractivity contribution is 5.83. The number of carbonyl (C=O) groups is 1. The molecule has 1 aromatic heterocycles. The van der Waals surface area contributed by atoms with Crippen molar-refractivity contribution in [2.24, 2.45) is 11.1 Å². The Bertz CT molecular complexity index is 434. The van der Waals surface area contributed by atoms with Crippen molar-refractivity contribution in [3.8, 4) is 0 Å². The topological polar surface area (TPSA) is 59.2 Å². The van der Waals surface area contributed by atoms with Gasteiger partial charge in [0.25, 0.3) is 0 Å². The minimum Gasteiger partial charge on any atom is -0.345 e. The highest BCUT2D eigenvalue weighted by Crippen LogP contribution is 2.38. The molecule has 19 heavy (non-hydrogen) atoms. The van der Waals surface area contributed by atoms with E-state index >= 15 is 0 Å². The molecule has 2 atom stereocenters. The highest BCUT2D eigenvalue weighted by atomic mass is 16.2. The fourth-order valence-corrected chi connectivity index (χ4v) is 2.82. The Balaban J connectivity index is 1.93. The number of amides is 1. The molecule has 0 bridgehead atoms. The maximum atomic E-state index is 12.5. The van der Waals surface area contributed by atoms with E-state index in [1.165, 1.54) is 0 Å². The molecular formula is C15H23N3O. The van der Waals surface area contributed by atoms with Gasteiger partial charge in [-0.2, -0.15) is 0 Å². The van der Waals surface area contributed by atoms with Gasteiger partial charge in [-0.05, 0) is 31.9 Å². The molecule has 0 aliphatic heterocycles. The van der Waals surface area contributed by atoms with Crippen molar-refractivity contribution in [1.29, 1.82) is 0 Å². The number of carbonyl (C=O) groups excluding carboxylic acids is 1. The van der Waals surface area contributed by atoms with E-state index in [9.17, 15) is 4.79 Å². The quantitative estimate of drug-likeness (QED) is 0.895. The van der Waals surface area contributed by atoms with E-state index in [2.05, 4.69) is 4.98 Å². The first-order valence-corrected chi connectivity index (χ1v) is 6.95. The van der Waals surface area contributed by atoms with Crippen molar-refractivity contribution in [1.82, 2.24) is 9.88 Å². The third kappa shape index (κ3) is 2.95. The summed E-state index contributed by atoms with van der Waals surface area (Å²) in [7, 11) is 1.86. The van der Waals surface area contributed by atoms with Crippen molar-refractivity contribution in [3.63, 3.8) is 0 Å². The lowest BCUT2D eigenvalue weighted by Gasteiger charge is -2.32. The van der Waals surface area contributed by atoms with E-state index < -0.39 is 0 Å². The molecule has 0 radical (unpaired) electrons. The smallest absolute Gasteiger partial charge is 0.229 e. The number of hydrogen-bond donors (Lipinski definition) is 1. The second-order valence-electron chi connectivity index (χ2n) is 5.71. The van der Waals surface area contributed by atoms with E-state index in [0.29, 0.717) is 6.54 Å². The molecule has 1 amide bonds. The van der Waals surface area contributed by atoms with Crippen molar-refractivity contribution < 1.29 is 4.79 Å². The number of hydrogen-bond acceptors (Lipinski definition) is 3. The van der Waals surface area contributed by atoms with Gasteiger partial charge in [0.2, 0.25) is 5.91 Å². The first-order valence-electron chi connectivity index (χ1n) is 6.95. The Morgan fingerprint density at radius 1 is 1.58 bits per heavy atom. The number of pyridine rings is 1. The molecule has 2 unspecified atom stereocenters. The van der Waals surface area contributed by atoms with Crippen LogP contribution in [0.15, 0.2) is 24.4 Å². The van der Waals surface area contributed by atoms with Crippen LogP contribution in [0.25, 0.3) is 0 Å². The number of likely N-dealkylation sites (N-methyl/N-ethyl adjacent to an activating group) is 1. The van der Waals surface area contributed by atoms with Gasteiger partial charge < -0.3 is 10.6 Å². The summed E-state index contributed by atoms with van der Waals surface area (Å²) in [6.07, 6.45) is 5.48. The second kappa shape index (κ2) is 5.70. The van der Waals surface area contributed by atoms with E-state index in [4.69, 9.17) is 5.73 Å². The molecule has 4 heteroatoms. The molecule has 0 saturated heterocycles. The standard InChI is InChI=1S/C15H23N3O/c1-15(9-5-7-13(15)16)14(19)18(2)11-8-12-6-3-4-10-17-12/h3-4,6,10,13H,5,7-9,11,16H2,1-2H3. The highest BCUT2D eigenvalue weighted by Gasteiger charge is 2.44. The van der Waals surface area contributed by atoms with Crippen LogP contribution in [-0.2, 0) is 11.2 Å². The van der Waals surface area contributed by atoms with E-state index in [1.54, 1.807) is 11.1 Å². The van der Waals surface area contributed by atoms with Crippen LogP contribution in [0.3, 0.4) is 0 Å². The average Bonchev–Trinajstić information content (AvgIpc) is 2.77. The lowest BCUT2D eigenvalue weighted by atomic mass is 9.83. The van der Waals surface area contributed by atoms with Crippen LogP contribution in [0.4, 0.5) is 0 Å².